The Morgan fingerprint density at radius 3 is 2.88 bits per heavy atom. The molecule has 0 spiro atoms. The molecule has 17 heavy (non-hydrogen) atoms. The van der Waals surface area contributed by atoms with Crippen LogP contribution in [0.3, 0.4) is 0 Å². The van der Waals surface area contributed by atoms with E-state index in [-0.39, 0.29) is 13.2 Å². The first kappa shape index (κ1) is 12.0. The van der Waals surface area contributed by atoms with Gasteiger partial charge in [-0.3, -0.25) is 4.79 Å². The Labute approximate surface area is 99.1 Å². The largest absolute Gasteiger partial charge is 0.480 e. The molecule has 0 amide bonds. The predicted molar refractivity (Wildman–Crippen MR) is 60.4 cm³/mol. The van der Waals surface area contributed by atoms with E-state index in [1.54, 1.807) is 0 Å². The maximum absolute atomic E-state index is 11.1. The average molecular weight is 237 g/mol. The zero-order valence-electron chi connectivity index (χ0n) is 9.33. The Morgan fingerprint density at radius 1 is 1.53 bits per heavy atom. The predicted octanol–water partition coefficient (Wildman–Crippen LogP) is 0.384. The third-order valence-electron chi connectivity index (χ3n) is 2.88. The lowest BCUT2D eigenvalue weighted by Gasteiger charge is -2.24. The smallest absolute Gasteiger partial charge is 0.328 e. The van der Waals surface area contributed by atoms with Gasteiger partial charge < -0.3 is 20.3 Å². The second-order valence-corrected chi connectivity index (χ2v) is 4.15. The lowest BCUT2D eigenvalue weighted by atomic mass is 9.97. The molecule has 2 atom stereocenters. The Kier molecular flexibility index (Phi) is 3.42. The molecule has 1 saturated heterocycles. The number of ether oxygens (including phenoxy) is 2. The quantitative estimate of drug-likeness (QED) is 0.791. The Morgan fingerprint density at radius 2 is 2.24 bits per heavy atom. The highest BCUT2D eigenvalue weighted by Crippen LogP contribution is 2.21. The third kappa shape index (κ3) is 2.46. The summed E-state index contributed by atoms with van der Waals surface area (Å²) in [7, 11) is 0. The first-order chi connectivity index (χ1) is 8.13. The topological polar surface area (TPSA) is 81.8 Å². The van der Waals surface area contributed by atoms with Crippen LogP contribution in [0.1, 0.15) is 5.56 Å². The van der Waals surface area contributed by atoms with Crippen LogP contribution in [0.2, 0.25) is 0 Å². The summed E-state index contributed by atoms with van der Waals surface area (Å²) in [6.45, 7) is 0.540. The van der Waals surface area contributed by atoms with Gasteiger partial charge in [0.05, 0.1) is 19.8 Å². The number of carbonyl (C=O) groups is 1. The van der Waals surface area contributed by atoms with Crippen LogP contribution in [0.5, 0.6) is 0 Å². The molecule has 5 nitrogen and oxygen atoms in total. The van der Waals surface area contributed by atoms with E-state index in [2.05, 4.69) is 0 Å². The molecular weight excluding hydrogens is 222 g/mol. The molecule has 3 N–H and O–H groups in total. The minimum atomic E-state index is -1.44. The molecule has 1 fully saturated rings. The van der Waals surface area contributed by atoms with E-state index in [0.717, 1.165) is 5.56 Å². The normalized spacial score (nSPS) is 28.2. The molecule has 2 unspecified atom stereocenters. The summed E-state index contributed by atoms with van der Waals surface area (Å²) in [5.74, 6) is -1.09. The summed E-state index contributed by atoms with van der Waals surface area (Å²) in [4.78, 5) is 11.1. The molecule has 1 aromatic carbocycles. The fraction of sp³-hybridized carbons (Fsp3) is 0.417. The number of nitrogens with two attached hydrogens (primary N) is 1. The highest BCUT2D eigenvalue weighted by atomic mass is 16.6. The van der Waals surface area contributed by atoms with Crippen molar-refractivity contribution in [2.24, 2.45) is 5.73 Å². The second-order valence-electron chi connectivity index (χ2n) is 4.15. The molecule has 0 aromatic heterocycles. The molecule has 0 radical (unpaired) electrons. The summed E-state index contributed by atoms with van der Waals surface area (Å²) in [5, 5.41) is 9.06. The monoisotopic (exact) mass is 237 g/mol. The van der Waals surface area contributed by atoms with Crippen molar-refractivity contribution in [3.8, 4) is 0 Å². The maximum Gasteiger partial charge on any atom is 0.328 e. The van der Waals surface area contributed by atoms with Crippen LogP contribution in [-0.2, 0) is 20.9 Å². The highest BCUT2D eigenvalue weighted by molar-refractivity contribution is 5.80. The van der Waals surface area contributed by atoms with Gasteiger partial charge in [-0.2, -0.15) is 0 Å². The van der Waals surface area contributed by atoms with E-state index in [1.807, 2.05) is 30.3 Å². The minimum absolute atomic E-state index is 0.0121. The van der Waals surface area contributed by atoms with Crippen molar-refractivity contribution in [3.63, 3.8) is 0 Å². The molecule has 0 aliphatic carbocycles. The van der Waals surface area contributed by atoms with Crippen LogP contribution in [-0.4, -0.2) is 35.9 Å². The third-order valence-corrected chi connectivity index (χ3v) is 2.88. The molecule has 0 bridgehead atoms. The van der Waals surface area contributed by atoms with Crippen molar-refractivity contribution in [3.05, 3.63) is 35.9 Å². The van der Waals surface area contributed by atoms with Crippen molar-refractivity contribution in [1.82, 2.24) is 0 Å². The summed E-state index contributed by atoms with van der Waals surface area (Å²) in [6.07, 6.45) is -0.611. The highest BCUT2D eigenvalue weighted by Gasteiger charge is 2.48. The number of hydrogen-bond donors (Lipinski definition) is 2. The lowest BCUT2D eigenvalue weighted by molar-refractivity contribution is -0.148. The number of carboxylic acid groups (broad SMARTS) is 1. The van der Waals surface area contributed by atoms with Crippen molar-refractivity contribution in [2.45, 2.75) is 18.2 Å². The number of aliphatic carboxylic acids is 1. The summed E-state index contributed by atoms with van der Waals surface area (Å²) in [5.41, 5.74) is 5.30. The van der Waals surface area contributed by atoms with Crippen LogP contribution < -0.4 is 5.73 Å². The molecular formula is C12H15NO4. The molecule has 1 heterocycles. The van der Waals surface area contributed by atoms with E-state index >= 15 is 0 Å². The summed E-state index contributed by atoms with van der Waals surface area (Å²) in [6, 6.07) is 9.53. The van der Waals surface area contributed by atoms with E-state index < -0.39 is 17.6 Å². The summed E-state index contributed by atoms with van der Waals surface area (Å²) < 4.78 is 10.6. The molecule has 92 valence electrons. The van der Waals surface area contributed by atoms with Crippen molar-refractivity contribution in [2.75, 3.05) is 13.2 Å². The van der Waals surface area contributed by atoms with Gasteiger partial charge in [-0.15, -0.1) is 0 Å². The van der Waals surface area contributed by atoms with Gasteiger partial charge in [-0.1, -0.05) is 30.3 Å². The second kappa shape index (κ2) is 4.83. The standard InChI is InChI=1S/C12H15NO4/c13-12(11(14)15)8-16-7-10(12)17-6-9-4-2-1-3-5-9/h1-5,10H,6-8,13H2,(H,14,15). The molecule has 1 aromatic rings. The Hall–Kier alpha value is -1.43. The van der Waals surface area contributed by atoms with Gasteiger partial charge in [-0.25, -0.2) is 0 Å². The maximum atomic E-state index is 11.1. The van der Waals surface area contributed by atoms with Gasteiger partial charge in [0, 0.05) is 0 Å². The van der Waals surface area contributed by atoms with Crippen LogP contribution in [0, 0.1) is 0 Å². The number of benzene rings is 1. The molecule has 2 rings (SSSR count). The van der Waals surface area contributed by atoms with Gasteiger partial charge in [-0.05, 0) is 5.56 Å². The van der Waals surface area contributed by atoms with Crippen molar-refractivity contribution >= 4 is 5.97 Å². The van der Waals surface area contributed by atoms with Gasteiger partial charge >= 0.3 is 5.97 Å². The van der Waals surface area contributed by atoms with E-state index in [0.29, 0.717) is 6.61 Å². The van der Waals surface area contributed by atoms with Gasteiger partial charge in [0.2, 0.25) is 0 Å². The van der Waals surface area contributed by atoms with Crippen LogP contribution in [0.4, 0.5) is 0 Å². The number of hydrogen-bond acceptors (Lipinski definition) is 4. The number of rotatable bonds is 4. The fourth-order valence-electron chi connectivity index (χ4n) is 1.74. The zero-order valence-corrected chi connectivity index (χ0v) is 9.33. The van der Waals surface area contributed by atoms with Gasteiger partial charge in [0.1, 0.15) is 6.10 Å². The minimum Gasteiger partial charge on any atom is -0.480 e. The van der Waals surface area contributed by atoms with Gasteiger partial charge in [0.15, 0.2) is 5.54 Å². The van der Waals surface area contributed by atoms with E-state index in [9.17, 15) is 4.79 Å². The van der Waals surface area contributed by atoms with Gasteiger partial charge in [0.25, 0.3) is 0 Å². The van der Waals surface area contributed by atoms with E-state index in [4.69, 9.17) is 20.3 Å². The zero-order chi connectivity index (χ0) is 12.3. The van der Waals surface area contributed by atoms with Crippen LogP contribution in [0.15, 0.2) is 30.3 Å². The summed E-state index contributed by atoms with van der Waals surface area (Å²) >= 11 is 0. The Balaban J connectivity index is 1.97. The average Bonchev–Trinajstić information content (AvgIpc) is 2.71. The van der Waals surface area contributed by atoms with Crippen molar-refractivity contribution < 1.29 is 19.4 Å². The lowest BCUT2D eigenvalue weighted by Crippen LogP contribution is -2.57. The fourth-order valence-corrected chi connectivity index (χ4v) is 1.74. The molecule has 1 aliphatic rings. The SMILES string of the molecule is NC1(C(=O)O)COCC1OCc1ccccc1. The first-order valence-corrected chi connectivity index (χ1v) is 5.38. The molecule has 0 saturated carbocycles. The molecule has 1 aliphatic heterocycles. The van der Waals surface area contributed by atoms with E-state index in [1.165, 1.54) is 0 Å². The van der Waals surface area contributed by atoms with Crippen LogP contribution in [0.25, 0.3) is 0 Å². The van der Waals surface area contributed by atoms with Crippen LogP contribution >= 0.6 is 0 Å². The Bertz CT molecular complexity index is 395. The number of carboxylic acids is 1. The van der Waals surface area contributed by atoms with Crippen molar-refractivity contribution in [1.29, 1.82) is 0 Å². The first-order valence-electron chi connectivity index (χ1n) is 5.38. The molecule has 5 heteroatoms.